The number of nitrogens with zero attached hydrogens (tertiary/aromatic N) is 1. The van der Waals surface area contributed by atoms with Gasteiger partial charge in [-0.2, -0.15) is 0 Å². The van der Waals surface area contributed by atoms with Crippen molar-refractivity contribution in [2.45, 2.75) is 82.6 Å². The molecule has 0 aliphatic heterocycles. The summed E-state index contributed by atoms with van der Waals surface area (Å²) in [7, 11) is 4.29. The number of thiol groups is 1. The number of aromatic nitrogens is 1. The van der Waals surface area contributed by atoms with Gasteiger partial charge in [0.2, 0.25) is 0 Å². The molecule has 1 radical (unpaired) electrons. The molecule has 6 rings (SSSR count). The number of allylic oxidation sites excluding steroid dienone is 1. The van der Waals surface area contributed by atoms with E-state index in [1.54, 1.807) is 5.57 Å². The molecule has 3 saturated carbocycles. The normalized spacial score (nSPS) is 38.4. The van der Waals surface area contributed by atoms with Crippen LogP contribution in [0.25, 0.3) is 10.2 Å². The Balaban J connectivity index is 0.00000267. The van der Waals surface area contributed by atoms with Crippen molar-refractivity contribution < 1.29 is 4.18 Å². The summed E-state index contributed by atoms with van der Waals surface area (Å²) in [6.07, 6.45) is 13.7. The fourth-order valence-corrected chi connectivity index (χ4v) is 11.9. The van der Waals surface area contributed by atoms with E-state index < -0.39 is 0 Å². The average Bonchev–Trinajstić information content (AvgIpc) is 3.43. The van der Waals surface area contributed by atoms with Crippen molar-refractivity contribution in [1.82, 2.24) is 4.98 Å². The summed E-state index contributed by atoms with van der Waals surface area (Å²) >= 11 is 4.65. The molecule has 0 saturated heterocycles. The van der Waals surface area contributed by atoms with Gasteiger partial charge in [-0.3, -0.25) is 0 Å². The maximum absolute atomic E-state index is 5.90. The summed E-state index contributed by atoms with van der Waals surface area (Å²) in [5.74, 6) is 5.47. The predicted molar refractivity (Wildman–Crippen MR) is 161 cm³/mol. The van der Waals surface area contributed by atoms with Gasteiger partial charge in [-0.05, 0) is 12.1 Å². The number of rotatable bonds is 5. The van der Waals surface area contributed by atoms with E-state index in [9.17, 15) is 0 Å². The van der Waals surface area contributed by atoms with Crippen LogP contribution in [-0.2, 0) is 15.2 Å². The van der Waals surface area contributed by atoms with Crippen LogP contribution in [0.15, 0.2) is 40.3 Å². The van der Waals surface area contributed by atoms with E-state index in [0.717, 1.165) is 52.5 Å². The number of thiazole rings is 1. The second kappa shape index (κ2) is 11.4. The Labute approximate surface area is 251 Å². The van der Waals surface area contributed by atoms with Gasteiger partial charge in [-0.15, -0.1) is 11.3 Å². The number of hydrogen-bond donors (Lipinski definition) is 0. The summed E-state index contributed by atoms with van der Waals surface area (Å²) in [5, 5.41) is 0. The first-order valence-electron chi connectivity index (χ1n) is 13.6. The molecule has 3 fully saturated rings. The van der Waals surface area contributed by atoms with E-state index in [2.05, 4.69) is 58.9 Å². The Kier molecular flexibility index (Phi) is 8.98. The molecule has 0 unspecified atom stereocenters. The molecule has 1 heterocycles. The van der Waals surface area contributed by atoms with E-state index in [4.69, 9.17) is 9.17 Å². The molecule has 7 heteroatoms. The Morgan fingerprint density at radius 2 is 2.00 bits per heavy atom. The summed E-state index contributed by atoms with van der Waals surface area (Å²) in [4.78, 5) is 4.89. The van der Waals surface area contributed by atoms with Crippen LogP contribution in [0.2, 0.25) is 0 Å². The molecular formula is C29H39NOPS3Tl-. The topological polar surface area (TPSA) is 22.1 Å². The van der Waals surface area contributed by atoms with Crippen molar-refractivity contribution in [3.05, 3.63) is 35.9 Å². The molecule has 193 valence electrons. The van der Waals surface area contributed by atoms with E-state index in [1.165, 1.54) is 59.7 Å². The molecule has 4 aliphatic rings. The first-order valence-corrected chi connectivity index (χ1v) is 17.4. The smallest absolute Gasteiger partial charge is 0 e. The van der Waals surface area contributed by atoms with Crippen LogP contribution in [0.3, 0.4) is 0 Å². The van der Waals surface area contributed by atoms with Crippen LogP contribution < -0.4 is 0 Å². The Morgan fingerprint density at radius 3 is 2.81 bits per heavy atom. The van der Waals surface area contributed by atoms with E-state index in [-0.39, 0.29) is 27.3 Å². The van der Waals surface area contributed by atoms with Crippen molar-refractivity contribution in [2.24, 2.45) is 40.4 Å². The molecule has 4 aliphatic carbocycles. The third-order valence-electron chi connectivity index (χ3n) is 10.8. The SMILES string of the molecule is C[C@H](CSc1nc2ccccc2s1)[C@H]1CC[C@H]2[C@@H]3CC=C4C[C@@H](O[SH-]#P)CC[C@]4(C)[C@H]3CC[C@]12C.[Tl]. The largest absolute Gasteiger partial charge is 0 e. The molecule has 0 N–H and O–H groups in total. The summed E-state index contributed by atoms with van der Waals surface area (Å²) in [6, 6.07) is 8.56. The number of hydrogen-bond acceptors (Lipinski definition) is 5. The summed E-state index contributed by atoms with van der Waals surface area (Å²) in [6.45, 7) is 7.83. The minimum Gasteiger partial charge on any atom is 0 e. The first-order chi connectivity index (χ1) is 16.9. The Bertz CT molecular complexity index is 1150. The second-order valence-corrected chi connectivity index (χ2v) is 15.4. The van der Waals surface area contributed by atoms with Crippen molar-refractivity contribution in [2.75, 3.05) is 5.75 Å². The molecule has 2 aromatic rings. The molecular weight excluding hydrogens is 710 g/mol. The fourth-order valence-electron chi connectivity index (χ4n) is 8.99. The van der Waals surface area contributed by atoms with Gasteiger partial charge in [0.15, 0.2) is 4.34 Å². The predicted octanol–water partition coefficient (Wildman–Crippen LogP) is 8.66. The van der Waals surface area contributed by atoms with Crippen molar-refractivity contribution in [3.8, 4) is 0 Å². The van der Waals surface area contributed by atoms with E-state index in [0.29, 0.717) is 16.9 Å². The van der Waals surface area contributed by atoms with Gasteiger partial charge in [0, 0.05) is 33.1 Å². The maximum Gasteiger partial charge on any atom is 0 e. The molecule has 1 aromatic heterocycles. The van der Waals surface area contributed by atoms with Gasteiger partial charge < -0.3 is 0 Å². The monoisotopic (exact) mass is 749 g/mol. The van der Waals surface area contributed by atoms with Crippen molar-refractivity contribution in [1.29, 1.82) is 0 Å². The second-order valence-electron chi connectivity index (χ2n) is 12.3. The molecule has 1 aromatic carbocycles. The standard InChI is InChI=1S/C29H39NOPS3.Tl/c1-18(17-33-27-30-25-6-4-5-7-26(25)34-27)22-10-11-23-21-9-8-19-16-20(31-35-32)12-14-28(19,2)24(21)13-15-29(22,23)3;/h4-8,18,20-24,35H,9-17H2,1-3H3;/q-1;/t18-,20+,21+,22-,23+,24+,28+,29-;/m1./s1. The minimum atomic E-state index is 0. The maximum atomic E-state index is 5.90. The third kappa shape index (κ3) is 4.95. The summed E-state index contributed by atoms with van der Waals surface area (Å²) in [5.41, 5.74) is 3.79. The van der Waals surface area contributed by atoms with Gasteiger partial charge >= 0.3 is 146 Å². The van der Waals surface area contributed by atoms with Gasteiger partial charge in [0.25, 0.3) is 0 Å². The molecule has 0 bridgehead atoms. The molecule has 0 amide bonds. The van der Waals surface area contributed by atoms with Gasteiger partial charge in [0.05, 0.1) is 10.2 Å². The zero-order valence-electron chi connectivity index (χ0n) is 21.9. The van der Waals surface area contributed by atoms with Crippen LogP contribution in [-0.4, -0.2) is 44.1 Å². The van der Waals surface area contributed by atoms with E-state index >= 15 is 0 Å². The molecule has 0 spiro atoms. The van der Waals surface area contributed by atoms with Crippen molar-refractivity contribution >= 4 is 79.4 Å². The zero-order valence-corrected chi connectivity index (χ0v) is 29.8. The number of thioether (sulfide) groups is 1. The summed E-state index contributed by atoms with van der Waals surface area (Å²) < 4.78 is 8.46. The Hall–Kier alpha value is 0.862. The third-order valence-corrected chi connectivity index (χ3v) is 13.9. The van der Waals surface area contributed by atoms with Gasteiger partial charge in [0.1, 0.15) is 0 Å². The number of para-hydroxylation sites is 1. The molecule has 2 nitrogen and oxygen atoms in total. The average molecular weight is 749 g/mol. The number of fused-ring (bicyclic) bond motifs is 6. The van der Waals surface area contributed by atoms with Gasteiger partial charge in [-0.1, -0.05) is 30.8 Å². The number of benzene rings is 1. The first kappa shape index (κ1) is 28.4. The van der Waals surface area contributed by atoms with Crippen LogP contribution in [0.5, 0.6) is 0 Å². The van der Waals surface area contributed by atoms with E-state index in [1.807, 2.05) is 23.1 Å². The van der Waals surface area contributed by atoms with Gasteiger partial charge in [-0.25, -0.2) is 4.98 Å². The van der Waals surface area contributed by atoms with Crippen molar-refractivity contribution in [3.63, 3.8) is 0 Å². The fraction of sp³-hybridized carbons (Fsp3) is 0.690. The molecule has 8 atom stereocenters. The van der Waals surface area contributed by atoms with Crippen LogP contribution in [0, 0.1) is 40.4 Å². The minimum absolute atomic E-state index is 0. The molecule has 36 heavy (non-hydrogen) atoms. The van der Waals surface area contributed by atoms with Crippen LogP contribution in [0.1, 0.15) is 72.1 Å². The van der Waals surface area contributed by atoms with Crippen LogP contribution in [0.4, 0.5) is 0 Å². The van der Waals surface area contributed by atoms with Crippen LogP contribution >= 0.6 is 30.9 Å². The zero-order chi connectivity index (χ0) is 24.2. The Morgan fingerprint density at radius 1 is 1.17 bits per heavy atom. The quantitative estimate of drug-likeness (QED) is 0.0764.